The highest BCUT2D eigenvalue weighted by Gasteiger charge is 2.41. The van der Waals surface area contributed by atoms with Gasteiger partial charge in [0.05, 0.1) is 29.5 Å². The minimum Gasteiger partial charge on any atom is -0.353 e. The molecular formula is C25H33ClN8O. The zero-order valence-corrected chi connectivity index (χ0v) is 21.8. The van der Waals surface area contributed by atoms with E-state index in [4.69, 9.17) is 16.6 Å². The molecule has 2 saturated heterocycles. The van der Waals surface area contributed by atoms with Crippen LogP contribution in [0.1, 0.15) is 26.5 Å². The lowest BCUT2D eigenvalue weighted by molar-refractivity contribution is -0.140. The molecule has 0 N–H and O–H groups in total. The second kappa shape index (κ2) is 8.95. The number of rotatable bonds is 5. The van der Waals surface area contributed by atoms with E-state index in [2.05, 4.69) is 52.5 Å². The van der Waals surface area contributed by atoms with Crippen molar-refractivity contribution in [1.82, 2.24) is 29.2 Å². The molecule has 2 aliphatic heterocycles. The van der Waals surface area contributed by atoms with Crippen molar-refractivity contribution in [3.63, 3.8) is 0 Å². The Kier molecular flexibility index (Phi) is 6.09. The number of fused-ring (bicyclic) bond motifs is 1. The van der Waals surface area contributed by atoms with E-state index in [1.165, 1.54) is 0 Å². The van der Waals surface area contributed by atoms with Gasteiger partial charge < -0.3 is 24.0 Å². The molecule has 5 heterocycles. The first kappa shape index (κ1) is 23.8. The molecule has 0 aliphatic carbocycles. The van der Waals surface area contributed by atoms with Gasteiger partial charge in [-0.05, 0) is 40.0 Å². The van der Waals surface area contributed by atoms with Crippen molar-refractivity contribution in [1.29, 1.82) is 0 Å². The predicted octanol–water partition coefficient (Wildman–Crippen LogP) is 2.75. The van der Waals surface area contributed by atoms with Gasteiger partial charge in [-0.1, -0.05) is 17.7 Å². The molecule has 0 bridgehead atoms. The molecule has 186 valence electrons. The smallest absolute Gasteiger partial charge is 0.229 e. The summed E-state index contributed by atoms with van der Waals surface area (Å²) in [4.78, 5) is 35.7. The van der Waals surface area contributed by atoms with Gasteiger partial charge >= 0.3 is 0 Å². The molecule has 0 saturated carbocycles. The third-order valence-electron chi connectivity index (χ3n) is 7.54. The van der Waals surface area contributed by atoms with E-state index in [-0.39, 0.29) is 11.8 Å². The van der Waals surface area contributed by atoms with Crippen molar-refractivity contribution in [2.75, 3.05) is 56.6 Å². The lowest BCUT2D eigenvalue weighted by Gasteiger charge is -2.44. The van der Waals surface area contributed by atoms with Gasteiger partial charge in [-0.15, -0.1) is 0 Å². The molecule has 3 aromatic heterocycles. The van der Waals surface area contributed by atoms with Gasteiger partial charge in [-0.25, -0.2) is 9.97 Å². The first-order chi connectivity index (χ1) is 16.7. The fourth-order valence-corrected chi connectivity index (χ4v) is 5.27. The number of amides is 1. The molecule has 0 aromatic carbocycles. The maximum absolute atomic E-state index is 13.4. The van der Waals surface area contributed by atoms with Gasteiger partial charge in [-0.2, -0.15) is 4.98 Å². The molecule has 0 spiro atoms. The van der Waals surface area contributed by atoms with Crippen LogP contribution in [0.5, 0.6) is 0 Å². The monoisotopic (exact) mass is 496 g/mol. The van der Waals surface area contributed by atoms with E-state index < -0.39 is 5.54 Å². The molecular weight excluding hydrogens is 464 g/mol. The number of aromatic nitrogens is 4. The van der Waals surface area contributed by atoms with Gasteiger partial charge in [0.2, 0.25) is 11.9 Å². The number of halogens is 1. The van der Waals surface area contributed by atoms with Crippen LogP contribution in [0.25, 0.3) is 5.65 Å². The Morgan fingerprint density at radius 3 is 2.66 bits per heavy atom. The van der Waals surface area contributed by atoms with E-state index in [0.29, 0.717) is 35.9 Å². The highest BCUT2D eigenvalue weighted by Crippen LogP contribution is 2.34. The molecule has 0 radical (unpaired) electrons. The van der Waals surface area contributed by atoms with Crippen LogP contribution < -0.4 is 9.80 Å². The van der Waals surface area contributed by atoms with Gasteiger partial charge in [0, 0.05) is 52.0 Å². The van der Waals surface area contributed by atoms with Crippen molar-refractivity contribution >= 4 is 34.9 Å². The molecule has 35 heavy (non-hydrogen) atoms. The molecule has 1 atom stereocenters. The number of nitrogens with zero attached hydrogens (tertiary/aromatic N) is 8. The first-order valence-corrected chi connectivity index (χ1v) is 12.5. The maximum Gasteiger partial charge on any atom is 0.229 e. The SMILES string of the molecule is CC1CN(C)CCN1c1ncc(Cl)c(N2CC(C(=O)N(C)C(C)(C)c3cnc4ccccn34)C2)n1. The van der Waals surface area contributed by atoms with Crippen LogP contribution >= 0.6 is 11.6 Å². The van der Waals surface area contributed by atoms with Crippen LogP contribution in [0.15, 0.2) is 36.8 Å². The number of piperazine rings is 1. The molecule has 9 nitrogen and oxygen atoms in total. The highest BCUT2D eigenvalue weighted by molar-refractivity contribution is 6.32. The minimum absolute atomic E-state index is 0.107. The fourth-order valence-electron chi connectivity index (χ4n) is 5.06. The van der Waals surface area contributed by atoms with Gasteiger partial charge in [0.25, 0.3) is 0 Å². The highest BCUT2D eigenvalue weighted by atomic mass is 35.5. The number of hydrogen-bond acceptors (Lipinski definition) is 7. The van der Waals surface area contributed by atoms with Crippen molar-refractivity contribution in [2.24, 2.45) is 5.92 Å². The zero-order chi connectivity index (χ0) is 24.9. The second-order valence-corrected chi connectivity index (χ2v) is 10.7. The summed E-state index contributed by atoms with van der Waals surface area (Å²) in [5, 5.41) is 0.515. The molecule has 10 heteroatoms. The fraction of sp³-hybridized carbons (Fsp3) is 0.520. The number of carbonyl (C=O) groups excluding carboxylic acids is 1. The Balaban J connectivity index is 1.28. The maximum atomic E-state index is 13.4. The van der Waals surface area contributed by atoms with Crippen LogP contribution in [0, 0.1) is 5.92 Å². The summed E-state index contributed by atoms with van der Waals surface area (Å²) in [6.07, 6.45) is 5.52. The van der Waals surface area contributed by atoms with E-state index >= 15 is 0 Å². The van der Waals surface area contributed by atoms with Crippen LogP contribution in [-0.2, 0) is 10.3 Å². The lowest BCUT2D eigenvalue weighted by Crippen LogP contribution is -2.57. The largest absolute Gasteiger partial charge is 0.353 e. The number of likely N-dealkylation sites (N-methyl/N-ethyl adjacent to an activating group) is 1. The van der Waals surface area contributed by atoms with Gasteiger partial charge in [0.15, 0.2) is 5.82 Å². The normalized spacial score (nSPS) is 19.8. The molecule has 2 aliphatic rings. The third kappa shape index (κ3) is 4.21. The Hall–Kier alpha value is -2.91. The Bertz CT molecular complexity index is 1240. The van der Waals surface area contributed by atoms with Crippen molar-refractivity contribution in [3.05, 3.63) is 47.5 Å². The Labute approximate surface area is 211 Å². The molecule has 1 amide bonds. The Morgan fingerprint density at radius 1 is 1.14 bits per heavy atom. The number of hydrogen-bond donors (Lipinski definition) is 0. The number of pyridine rings is 1. The van der Waals surface area contributed by atoms with E-state index in [0.717, 1.165) is 31.0 Å². The first-order valence-electron chi connectivity index (χ1n) is 12.1. The van der Waals surface area contributed by atoms with E-state index in [1.807, 2.05) is 46.9 Å². The minimum atomic E-state index is -0.518. The van der Waals surface area contributed by atoms with Crippen LogP contribution in [0.2, 0.25) is 5.02 Å². The number of imidazole rings is 1. The zero-order valence-electron chi connectivity index (χ0n) is 21.0. The Morgan fingerprint density at radius 2 is 1.91 bits per heavy atom. The quantitative estimate of drug-likeness (QED) is 0.537. The average molecular weight is 497 g/mol. The van der Waals surface area contributed by atoms with Crippen LogP contribution in [-0.4, -0.2) is 87.9 Å². The van der Waals surface area contributed by atoms with E-state index in [1.54, 1.807) is 6.20 Å². The summed E-state index contributed by atoms with van der Waals surface area (Å²) in [6, 6.07) is 6.23. The van der Waals surface area contributed by atoms with Crippen molar-refractivity contribution in [2.45, 2.75) is 32.4 Å². The third-order valence-corrected chi connectivity index (χ3v) is 7.81. The topological polar surface area (TPSA) is 73.1 Å². The van der Waals surface area contributed by atoms with E-state index in [9.17, 15) is 4.79 Å². The number of anilines is 2. The summed E-state index contributed by atoms with van der Waals surface area (Å²) < 4.78 is 2.04. The standard InChI is InChI=1S/C25H33ClN8O/c1-17-14-30(4)10-11-33(17)24-28-12-19(26)22(29-24)32-15-18(16-32)23(35)31(5)25(2,3)20-13-27-21-8-6-7-9-34(20)21/h6-9,12-13,17-18H,10-11,14-16H2,1-5H3. The summed E-state index contributed by atoms with van der Waals surface area (Å²) >= 11 is 6.49. The molecule has 3 aromatic rings. The average Bonchev–Trinajstić information content (AvgIpc) is 3.24. The van der Waals surface area contributed by atoms with Crippen molar-refractivity contribution in [3.8, 4) is 0 Å². The van der Waals surface area contributed by atoms with Gasteiger partial charge in [0.1, 0.15) is 10.7 Å². The number of carbonyl (C=O) groups is 1. The van der Waals surface area contributed by atoms with Crippen LogP contribution in [0.3, 0.4) is 0 Å². The van der Waals surface area contributed by atoms with Crippen LogP contribution in [0.4, 0.5) is 11.8 Å². The molecule has 1 unspecified atom stereocenters. The summed E-state index contributed by atoms with van der Waals surface area (Å²) in [6.45, 7) is 10.3. The van der Waals surface area contributed by atoms with Gasteiger partial charge in [-0.3, -0.25) is 4.79 Å². The molecule has 5 rings (SSSR count). The summed E-state index contributed by atoms with van der Waals surface area (Å²) in [5.74, 6) is 1.40. The summed E-state index contributed by atoms with van der Waals surface area (Å²) in [5.41, 5.74) is 1.33. The lowest BCUT2D eigenvalue weighted by atomic mass is 9.93. The molecule has 2 fully saturated rings. The predicted molar refractivity (Wildman–Crippen MR) is 138 cm³/mol. The summed E-state index contributed by atoms with van der Waals surface area (Å²) in [7, 11) is 4.00. The van der Waals surface area contributed by atoms with Crippen molar-refractivity contribution < 1.29 is 4.79 Å². The second-order valence-electron chi connectivity index (χ2n) is 10.3.